The molecule has 4 nitrogen and oxygen atoms in total. The molecule has 3 heterocycles. The number of rotatable bonds is 5. The van der Waals surface area contributed by atoms with E-state index < -0.39 is 0 Å². The van der Waals surface area contributed by atoms with Gasteiger partial charge in [-0.1, -0.05) is 159 Å². The Morgan fingerprint density at radius 3 is 1.63 bits per heavy atom. The summed E-state index contributed by atoms with van der Waals surface area (Å²) in [6.45, 7) is 20.8. The van der Waals surface area contributed by atoms with Crippen molar-refractivity contribution < 1.29 is 4.42 Å². The number of nitrogens with zero attached hydrogens (tertiary/aromatic N) is 3. The molecule has 9 aromatic rings. The first-order chi connectivity index (χ1) is 31.1. The number of anilines is 9. The number of benzene rings is 8. The van der Waals surface area contributed by atoms with Crippen LogP contribution in [-0.4, -0.2) is 6.71 Å². The summed E-state index contributed by atoms with van der Waals surface area (Å²) >= 11 is 0. The molecule has 0 saturated heterocycles. The largest absolute Gasteiger partial charge is 0.454 e. The van der Waals surface area contributed by atoms with Crippen LogP contribution in [0.3, 0.4) is 0 Å². The SMILES string of the molecule is CC(C)(C)c1ccc(N2c3cc(N(c4ccccc4)c4ccccc4)ccc3B3c4cc(C(C)(C)C)ccc4N(c4cccc5c4oc4ccccc45)c4cc(C(C)(C)C)cc2c43)cc1. The fraction of sp³-hybridized carbons (Fsp3) is 0.200. The maximum absolute atomic E-state index is 6.88. The van der Waals surface area contributed by atoms with E-state index in [2.05, 4.69) is 253 Å². The van der Waals surface area contributed by atoms with Crippen LogP contribution in [0.15, 0.2) is 180 Å². The second-order valence-corrected chi connectivity index (χ2v) is 21.1. The van der Waals surface area contributed by atoms with Gasteiger partial charge in [-0.25, -0.2) is 0 Å². The zero-order valence-corrected chi connectivity index (χ0v) is 39.1. The summed E-state index contributed by atoms with van der Waals surface area (Å²) in [5.74, 6) is 0. The van der Waals surface area contributed by atoms with Crippen LogP contribution in [-0.2, 0) is 16.2 Å². The Morgan fingerprint density at radius 2 is 0.985 bits per heavy atom. The highest BCUT2D eigenvalue weighted by Gasteiger charge is 2.45. The monoisotopic (exact) mass is 845 g/mol. The molecule has 0 saturated carbocycles. The first-order valence-electron chi connectivity index (χ1n) is 23.1. The smallest absolute Gasteiger partial charge is 0.252 e. The fourth-order valence-electron chi connectivity index (χ4n) is 10.2. The van der Waals surface area contributed by atoms with E-state index in [0.29, 0.717) is 0 Å². The Labute approximate surface area is 384 Å². The van der Waals surface area contributed by atoms with Gasteiger partial charge >= 0.3 is 0 Å². The minimum absolute atomic E-state index is 0.0143. The van der Waals surface area contributed by atoms with E-state index in [1.54, 1.807) is 0 Å². The molecular weight excluding hydrogens is 789 g/mol. The van der Waals surface area contributed by atoms with E-state index in [4.69, 9.17) is 4.42 Å². The van der Waals surface area contributed by atoms with Crippen LogP contribution in [0, 0.1) is 0 Å². The van der Waals surface area contributed by atoms with Gasteiger partial charge in [0, 0.05) is 56.3 Å². The number of fused-ring (bicyclic) bond motifs is 7. The van der Waals surface area contributed by atoms with E-state index in [9.17, 15) is 0 Å². The standard InChI is InChI=1S/C60H56BN3O/c1-58(2,3)39-27-30-44(31-28-39)63-52-38-45(62(42-19-12-10-13-20-42)43-21-14-11-15-22-43)32-33-48(52)61-49-35-40(59(4,5)6)29-34-50(49)64(54-37-41(60(7,8)9)36-53(63)56(54)61)51-25-18-24-47-46-23-16-17-26-55(46)65-57(47)51/h10-38H,1-9H3. The number of furan rings is 1. The molecule has 1 aromatic heterocycles. The normalized spacial score (nSPS) is 13.5. The topological polar surface area (TPSA) is 22.9 Å². The van der Waals surface area contributed by atoms with Crippen molar-refractivity contribution >= 4 is 96.2 Å². The molecule has 0 amide bonds. The second-order valence-electron chi connectivity index (χ2n) is 21.1. The molecule has 0 bridgehead atoms. The van der Waals surface area contributed by atoms with Crippen molar-refractivity contribution in [2.45, 2.75) is 78.6 Å². The number of hydrogen-bond donors (Lipinski definition) is 0. The predicted octanol–water partition coefficient (Wildman–Crippen LogP) is 15.0. The van der Waals surface area contributed by atoms with E-state index in [1.165, 1.54) is 55.8 Å². The molecule has 11 rings (SSSR count). The summed E-state index contributed by atoms with van der Waals surface area (Å²) in [4.78, 5) is 7.46. The molecule has 2 aliphatic heterocycles. The summed E-state index contributed by atoms with van der Waals surface area (Å²) in [6.07, 6.45) is 0. The van der Waals surface area contributed by atoms with Gasteiger partial charge in [0.2, 0.25) is 0 Å². The molecule has 0 spiro atoms. The Morgan fingerprint density at radius 1 is 0.400 bits per heavy atom. The predicted molar refractivity (Wildman–Crippen MR) is 279 cm³/mol. The molecule has 0 aliphatic carbocycles. The lowest BCUT2D eigenvalue weighted by Crippen LogP contribution is -2.61. The molecule has 2 aliphatic rings. The Balaban J connectivity index is 1.25. The van der Waals surface area contributed by atoms with E-state index in [1.807, 2.05) is 0 Å². The fourth-order valence-corrected chi connectivity index (χ4v) is 10.2. The maximum Gasteiger partial charge on any atom is 0.252 e. The number of para-hydroxylation sites is 4. The van der Waals surface area contributed by atoms with Crippen molar-refractivity contribution in [3.63, 3.8) is 0 Å². The van der Waals surface area contributed by atoms with Gasteiger partial charge < -0.3 is 19.1 Å². The van der Waals surface area contributed by atoms with Crippen LogP contribution in [0.4, 0.5) is 51.2 Å². The minimum atomic E-state index is -0.157. The molecule has 0 radical (unpaired) electrons. The summed E-state index contributed by atoms with van der Waals surface area (Å²) in [6, 6.07) is 65.3. The third-order valence-electron chi connectivity index (χ3n) is 13.7. The average Bonchev–Trinajstić information content (AvgIpc) is 3.68. The Hall–Kier alpha value is -6.98. The Kier molecular flexibility index (Phi) is 9.28. The van der Waals surface area contributed by atoms with E-state index in [-0.39, 0.29) is 23.0 Å². The van der Waals surface area contributed by atoms with E-state index in [0.717, 1.165) is 50.4 Å². The molecule has 0 fully saturated rings. The first kappa shape index (κ1) is 40.8. The van der Waals surface area contributed by atoms with Crippen molar-refractivity contribution in [2.75, 3.05) is 14.7 Å². The molecular formula is C60H56BN3O. The van der Waals surface area contributed by atoms with Gasteiger partial charge in [-0.15, -0.1) is 0 Å². The van der Waals surface area contributed by atoms with Crippen molar-refractivity contribution in [2.24, 2.45) is 0 Å². The van der Waals surface area contributed by atoms with Crippen molar-refractivity contribution in [1.29, 1.82) is 0 Å². The van der Waals surface area contributed by atoms with Gasteiger partial charge in [-0.05, 0) is 128 Å². The lowest BCUT2D eigenvalue weighted by molar-refractivity contribution is 0.590. The molecule has 320 valence electrons. The van der Waals surface area contributed by atoms with Crippen LogP contribution < -0.4 is 31.1 Å². The third kappa shape index (κ3) is 6.74. The van der Waals surface area contributed by atoms with Gasteiger partial charge in [-0.2, -0.15) is 0 Å². The first-order valence-corrected chi connectivity index (χ1v) is 23.1. The molecule has 8 aromatic carbocycles. The Bertz CT molecular complexity index is 3240. The third-order valence-corrected chi connectivity index (χ3v) is 13.7. The molecule has 65 heavy (non-hydrogen) atoms. The molecule has 0 unspecified atom stereocenters. The van der Waals surface area contributed by atoms with Crippen molar-refractivity contribution in [3.8, 4) is 0 Å². The van der Waals surface area contributed by atoms with Gasteiger partial charge in [0.15, 0.2) is 5.58 Å². The van der Waals surface area contributed by atoms with Gasteiger partial charge in [0.05, 0.1) is 5.69 Å². The molecule has 0 atom stereocenters. The number of hydrogen-bond acceptors (Lipinski definition) is 4. The summed E-state index contributed by atoms with van der Waals surface area (Å²) in [7, 11) is 0. The van der Waals surface area contributed by atoms with Crippen LogP contribution in [0.5, 0.6) is 0 Å². The molecule has 0 N–H and O–H groups in total. The zero-order valence-electron chi connectivity index (χ0n) is 39.1. The van der Waals surface area contributed by atoms with Gasteiger partial charge in [-0.3, -0.25) is 0 Å². The summed E-state index contributed by atoms with van der Waals surface area (Å²) in [5, 5.41) is 2.25. The lowest BCUT2D eigenvalue weighted by Gasteiger charge is -2.45. The highest BCUT2D eigenvalue weighted by Crippen LogP contribution is 2.50. The van der Waals surface area contributed by atoms with Crippen LogP contribution >= 0.6 is 0 Å². The average molecular weight is 846 g/mol. The second kappa shape index (κ2) is 14.8. The maximum atomic E-state index is 6.88. The highest BCUT2D eigenvalue weighted by atomic mass is 16.3. The minimum Gasteiger partial charge on any atom is -0.454 e. The van der Waals surface area contributed by atoms with Crippen LogP contribution in [0.25, 0.3) is 21.9 Å². The van der Waals surface area contributed by atoms with Crippen molar-refractivity contribution in [1.82, 2.24) is 0 Å². The lowest BCUT2D eigenvalue weighted by atomic mass is 9.33. The van der Waals surface area contributed by atoms with E-state index >= 15 is 0 Å². The zero-order chi connectivity index (χ0) is 45.0. The van der Waals surface area contributed by atoms with Gasteiger partial charge in [0.1, 0.15) is 5.58 Å². The quantitative estimate of drug-likeness (QED) is 0.161. The summed E-state index contributed by atoms with van der Waals surface area (Å²) in [5.41, 5.74) is 19.6. The van der Waals surface area contributed by atoms with Crippen LogP contribution in [0.1, 0.15) is 79.0 Å². The van der Waals surface area contributed by atoms with Crippen LogP contribution in [0.2, 0.25) is 0 Å². The molecule has 5 heteroatoms. The highest BCUT2D eigenvalue weighted by molar-refractivity contribution is 7.00. The van der Waals surface area contributed by atoms with Gasteiger partial charge in [0.25, 0.3) is 6.71 Å². The van der Waals surface area contributed by atoms with Crippen molar-refractivity contribution in [3.05, 3.63) is 193 Å². The summed E-state index contributed by atoms with van der Waals surface area (Å²) < 4.78 is 6.88.